The Kier molecular flexibility index (Phi) is 2.13. The first-order valence-corrected chi connectivity index (χ1v) is 6.20. The standard InChI is InChI=1S/C14H19NO/c1-13-9-5-6-10-15(13)11-14(13,16)12-7-3-2-4-8-12/h2-4,7-8,16H,5-6,9-11H2,1H3/t13?,14-/m0/s1. The lowest BCUT2D eigenvalue weighted by Crippen LogP contribution is -2.76. The Hall–Kier alpha value is -0.860. The fraction of sp³-hybridized carbons (Fsp3) is 0.571. The molecular weight excluding hydrogens is 198 g/mol. The molecule has 0 amide bonds. The lowest BCUT2D eigenvalue weighted by molar-refractivity contribution is -0.230. The monoisotopic (exact) mass is 217 g/mol. The number of hydrogen-bond acceptors (Lipinski definition) is 2. The van der Waals surface area contributed by atoms with Gasteiger partial charge in [0.2, 0.25) is 0 Å². The van der Waals surface area contributed by atoms with E-state index in [1.54, 1.807) is 0 Å². The average molecular weight is 217 g/mol. The Morgan fingerprint density at radius 3 is 2.62 bits per heavy atom. The molecule has 2 aliphatic heterocycles. The minimum Gasteiger partial charge on any atom is -0.382 e. The highest BCUT2D eigenvalue weighted by molar-refractivity contribution is 5.33. The molecule has 2 saturated heterocycles. The quantitative estimate of drug-likeness (QED) is 0.779. The van der Waals surface area contributed by atoms with Gasteiger partial charge in [-0.1, -0.05) is 36.8 Å². The summed E-state index contributed by atoms with van der Waals surface area (Å²) in [4.78, 5) is 2.43. The molecular formula is C14H19NO. The number of benzene rings is 1. The van der Waals surface area contributed by atoms with Gasteiger partial charge < -0.3 is 5.11 Å². The van der Waals surface area contributed by atoms with Gasteiger partial charge in [0, 0.05) is 6.54 Å². The summed E-state index contributed by atoms with van der Waals surface area (Å²) >= 11 is 0. The van der Waals surface area contributed by atoms with Crippen molar-refractivity contribution in [3.63, 3.8) is 0 Å². The third-order valence-corrected chi connectivity index (χ3v) is 4.60. The number of rotatable bonds is 1. The summed E-state index contributed by atoms with van der Waals surface area (Å²) in [7, 11) is 0. The second-order valence-electron chi connectivity index (χ2n) is 5.38. The van der Waals surface area contributed by atoms with Gasteiger partial charge in [0.05, 0.1) is 5.54 Å². The topological polar surface area (TPSA) is 23.5 Å². The van der Waals surface area contributed by atoms with Crippen LogP contribution in [0.15, 0.2) is 30.3 Å². The Labute approximate surface area is 96.9 Å². The van der Waals surface area contributed by atoms with Crippen LogP contribution in [0.5, 0.6) is 0 Å². The predicted molar refractivity (Wildman–Crippen MR) is 64.2 cm³/mol. The van der Waals surface area contributed by atoms with Crippen LogP contribution in [0.25, 0.3) is 0 Å². The Morgan fingerprint density at radius 2 is 1.94 bits per heavy atom. The number of piperidine rings is 1. The second-order valence-corrected chi connectivity index (χ2v) is 5.38. The van der Waals surface area contributed by atoms with E-state index in [4.69, 9.17) is 0 Å². The number of aliphatic hydroxyl groups is 1. The summed E-state index contributed by atoms with van der Waals surface area (Å²) in [5, 5.41) is 10.9. The molecule has 0 radical (unpaired) electrons. The van der Waals surface area contributed by atoms with Crippen LogP contribution in [0.1, 0.15) is 31.7 Å². The summed E-state index contributed by atoms with van der Waals surface area (Å²) in [6.45, 7) is 4.15. The molecule has 2 nitrogen and oxygen atoms in total. The van der Waals surface area contributed by atoms with E-state index >= 15 is 0 Å². The summed E-state index contributed by atoms with van der Waals surface area (Å²) in [6.07, 6.45) is 3.63. The highest BCUT2D eigenvalue weighted by Gasteiger charge is 2.61. The molecule has 2 aliphatic rings. The fourth-order valence-electron chi connectivity index (χ4n) is 3.37. The van der Waals surface area contributed by atoms with E-state index in [1.807, 2.05) is 18.2 Å². The zero-order chi connectivity index (χ0) is 11.2. The zero-order valence-electron chi connectivity index (χ0n) is 9.82. The van der Waals surface area contributed by atoms with E-state index in [0.717, 1.165) is 25.1 Å². The SMILES string of the molecule is CC12CCCCN1C[C@]2(O)c1ccccc1. The van der Waals surface area contributed by atoms with E-state index < -0.39 is 5.60 Å². The van der Waals surface area contributed by atoms with Crippen LogP contribution < -0.4 is 0 Å². The maximum atomic E-state index is 10.9. The molecule has 2 fully saturated rings. The van der Waals surface area contributed by atoms with Gasteiger partial charge in [0.15, 0.2) is 0 Å². The minimum absolute atomic E-state index is 0.0351. The first-order chi connectivity index (χ1) is 7.67. The third-order valence-electron chi connectivity index (χ3n) is 4.60. The molecule has 0 aliphatic carbocycles. The van der Waals surface area contributed by atoms with Gasteiger partial charge >= 0.3 is 0 Å². The Morgan fingerprint density at radius 1 is 1.19 bits per heavy atom. The Bertz CT molecular complexity index is 391. The van der Waals surface area contributed by atoms with Crippen LogP contribution >= 0.6 is 0 Å². The van der Waals surface area contributed by atoms with Crippen molar-refractivity contribution in [2.75, 3.05) is 13.1 Å². The van der Waals surface area contributed by atoms with E-state index in [0.29, 0.717) is 0 Å². The van der Waals surface area contributed by atoms with Crippen molar-refractivity contribution in [2.24, 2.45) is 0 Å². The van der Waals surface area contributed by atoms with Crippen LogP contribution in [0.2, 0.25) is 0 Å². The molecule has 1 unspecified atom stereocenters. The van der Waals surface area contributed by atoms with Crippen LogP contribution in [0.4, 0.5) is 0 Å². The van der Waals surface area contributed by atoms with Crippen molar-refractivity contribution in [1.82, 2.24) is 4.90 Å². The smallest absolute Gasteiger partial charge is 0.120 e. The van der Waals surface area contributed by atoms with Crippen LogP contribution in [0, 0.1) is 0 Å². The van der Waals surface area contributed by atoms with Gasteiger partial charge in [0.25, 0.3) is 0 Å². The second kappa shape index (κ2) is 3.31. The largest absolute Gasteiger partial charge is 0.382 e. The van der Waals surface area contributed by atoms with E-state index in [9.17, 15) is 5.11 Å². The van der Waals surface area contributed by atoms with Gasteiger partial charge in [-0.15, -0.1) is 0 Å². The molecule has 86 valence electrons. The fourth-order valence-corrected chi connectivity index (χ4v) is 3.37. The molecule has 0 saturated carbocycles. The van der Waals surface area contributed by atoms with Gasteiger partial charge in [-0.05, 0) is 31.9 Å². The highest BCUT2D eigenvalue weighted by Crippen LogP contribution is 2.51. The molecule has 0 spiro atoms. The van der Waals surface area contributed by atoms with E-state index in [-0.39, 0.29) is 5.54 Å². The molecule has 0 aromatic heterocycles. The minimum atomic E-state index is -0.630. The molecule has 0 bridgehead atoms. The normalized spacial score (nSPS) is 38.9. The molecule has 3 rings (SSSR count). The molecule has 1 aromatic rings. The highest BCUT2D eigenvalue weighted by atomic mass is 16.3. The van der Waals surface area contributed by atoms with Crippen LogP contribution in [0.3, 0.4) is 0 Å². The number of nitrogens with zero attached hydrogens (tertiary/aromatic N) is 1. The molecule has 1 N–H and O–H groups in total. The maximum absolute atomic E-state index is 10.9. The molecule has 2 heterocycles. The predicted octanol–water partition coefficient (Wildman–Crippen LogP) is 2.13. The molecule has 16 heavy (non-hydrogen) atoms. The first-order valence-electron chi connectivity index (χ1n) is 6.20. The summed E-state index contributed by atoms with van der Waals surface area (Å²) in [6, 6.07) is 10.1. The van der Waals surface area contributed by atoms with Crippen molar-refractivity contribution in [1.29, 1.82) is 0 Å². The average Bonchev–Trinajstić information content (AvgIpc) is 2.32. The van der Waals surface area contributed by atoms with E-state index in [2.05, 4.69) is 24.0 Å². The summed E-state index contributed by atoms with van der Waals surface area (Å²) in [5.41, 5.74) is 0.414. The maximum Gasteiger partial charge on any atom is 0.120 e. The van der Waals surface area contributed by atoms with Crippen molar-refractivity contribution in [3.05, 3.63) is 35.9 Å². The van der Waals surface area contributed by atoms with Crippen molar-refractivity contribution < 1.29 is 5.11 Å². The summed E-state index contributed by atoms with van der Waals surface area (Å²) < 4.78 is 0. The Balaban J connectivity index is 1.96. The van der Waals surface area contributed by atoms with E-state index in [1.165, 1.54) is 12.8 Å². The lowest BCUT2D eigenvalue weighted by atomic mass is 9.63. The lowest BCUT2D eigenvalue weighted by Gasteiger charge is -2.65. The first kappa shape index (κ1) is 10.3. The van der Waals surface area contributed by atoms with Crippen LogP contribution in [-0.4, -0.2) is 28.6 Å². The van der Waals surface area contributed by atoms with Crippen molar-refractivity contribution >= 4 is 0 Å². The summed E-state index contributed by atoms with van der Waals surface area (Å²) in [5.74, 6) is 0. The van der Waals surface area contributed by atoms with Gasteiger partial charge in [-0.2, -0.15) is 0 Å². The molecule has 2 heteroatoms. The van der Waals surface area contributed by atoms with Gasteiger partial charge in [-0.25, -0.2) is 0 Å². The third kappa shape index (κ3) is 1.14. The van der Waals surface area contributed by atoms with Gasteiger partial charge in [-0.3, -0.25) is 4.90 Å². The van der Waals surface area contributed by atoms with Gasteiger partial charge in [0.1, 0.15) is 5.60 Å². The van der Waals surface area contributed by atoms with Crippen molar-refractivity contribution in [3.8, 4) is 0 Å². The molecule has 1 aromatic carbocycles. The molecule has 2 atom stereocenters. The zero-order valence-corrected chi connectivity index (χ0v) is 9.82. The number of fused-ring (bicyclic) bond motifs is 1. The van der Waals surface area contributed by atoms with Crippen molar-refractivity contribution in [2.45, 2.75) is 37.3 Å². The van der Waals surface area contributed by atoms with Crippen LogP contribution in [-0.2, 0) is 5.60 Å². The number of hydrogen-bond donors (Lipinski definition) is 1.